The summed E-state index contributed by atoms with van der Waals surface area (Å²) in [6.07, 6.45) is 67.2. The molecule has 0 N–H and O–H groups in total. The third-order valence-corrected chi connectivity index (χ3v) is 10.1. The molecule has 0 heterocycles. The molecule has 0 bridgehead atoms. The maximum Gasteiger partial charge on any atom is 0.306 e. The first kappa shape index (κ1) is 56.8. The Bertz CT molecular complexity index is 1170. The topological polar surface area (TPSA) is 61.8 Å². The standard InChI is InChI=1S/C55H92O5/c1-4-7-10-13-16-19-21-23-25-27-28-29-30-32-34-37-39-42-45-48-54(56)59-52-53(60-55(57)49-46-43-40-36-18-15-12-9-6-3)51-58-50-47-44-41-38-35-33-31-26-24-22-20-17-14-11-8-5-2/h8,11,16-17,19-20,23-26,28-29,33,35,41,44,53H,4-7,9-10,12-15,18,21-22,27,30-32,34,36-40,42-43,45-52H2,1-3H3/b11-8-,19-16-,20-17-,25-23-,26-24-,29-28-,35-33-,44-41-. The van der Waals surface area contributed by atoms with Gasteiger partial charge in [-0.3, -0.25) is 9.59 Å². The molecule has 0 aromatic rings. The van der Waals surface area contributed by atoms with Gasteiger partial charge < -0.3 is 14.2 Å². The molecule has 0 aliphatic rings. The lowest BCUT2D eigenvalue weighted by Gasteiger charge is -2.18. The van der Waals surface area contributed by atoms with Crippen molar-refractivity contribution in [3.8, 4) is 0 Å². The molecule has 0 aromatic heterocycles. The van der Waals surface area contributed by atoms with Crippen LogP contribution < -0.4 is 0 Å². The highest BCUT2D eigenvalue weighted by Gasteiger charge is 2.17. The van der Waals surface area contributed by atoms with Gasteiger partial charge >= 0.3 is 11.9 Å². The van der Waals surface area contributed by atoms with Gasteiger partial charge in [-0.15, -0.1) is 0 Å². The first-order valence-corrected chi connectivity index (χ1v) is 24.8. The molecule has 0 aromatic carbocycles. The SMILES string of the molecule is CC/C=C\C/C=C\C/C=C\C/C=C\C/C=C\CCOCC(COC(=O)CCCCCCCC/C=C\C/C=C\C/C=C\CCCCC)OC(=O)CCCCCCCCCCC. The minimum atomic E-state index is -0.583. The van der Waals surface area contributed by atoms with E-state index in [1.54, 1.807) is 0 Å². The van der Waals surface area contributed by atoms with Crippen LogP contribution in [0.4, 0.5) is 0 Å². The van der Waals surface area contributed by atoms with Gasteiger partial charge in [0.05, 0.1) is 13.2 Å². The molecule has 5 heteroatoms. The Hall–Kier alpha value is -3.18. The van der Waals surface area contributed by atoms with E-state index >= 15 is 0 Å². The number of allylic oxidation sites excluding steroid dienone is 15. The molecule has 342 valence electrons. The van der Waals surface area contributed by atoms with Gasteiger partial charge in [-0.25, -0.2) is 0 Å². The van der Waals surface area contributed by atoms with Crippen LogP contribution in [0.1, 0.15) is 213 Å². The number of unbranched alkanes of at least 4 members (excludes halogenated alkanes) is 17. The molecule has 0 spiro atoms. The van der Waals surface area contributed by atoms with Crippen LogP contribution in [0.5, 0.6) is 0 Å². The minimum Gasteiger partial charge on any atom is -0.462 e. The van der Waals surface area contributed by atoms with Crippen molar-refractivity contribution in [1.29, 1.82) is 0 Å². The summed E-state index contributed by atoms with van der Waals surface area (Å²) in [7, 11) is 0. The van der Waals surface area contributed by atoms with Gasteiger partial charge in [0.25, 0.3) is 0 Å². The van der Waals surface area contributed by atoms with Crippen LogP contribution in [0.2, 0.25) is 0 Å². The predicted octanol–water partition coefficient (Wildman–Crippen LogP) is 16.7. The summed E-state index contributed by atoms with van der Waals surface area (Å²) in [4.78, 5) is 25.3. The van der Waals surface area contributed by atoms with E-state index in [4.69, 9.17) is 14.2 Å². The van der Waals surface area contributed by atoms with Gasteiger partial charge in [0.1, 0.15) is 6.61 Å². The molecule has 1 unspecified atom stereocenters. The van der Waals surface area contributed by atoms with Crippen molar-refractivity contribution in [2.24, 2.45) is 0 Å². The Labute approximate surface area is 371 Å². The van der Waals surface area contributed by atoms with Gasteiger partial charge in [0, 0.05) is 12.8 Å². The molecule has 0 saturated heterocycles. The van der Waals surface area contributed by atoms with Gasteiger partial charge in [-0.2, -0.15) is 0 Å². The summed E-state index contributed by atoms with van der Waals surface area (Å²) >= 11 is 0. The third kappa shape index (κ3) is 47.5. The van der Waals surface area contributed by atoms with Crippen molar-refractivity contribution in [2.45, 2.75) is 219 Å². The van der Waals surface area contributed by atoms with Crippen molar-refractivity contribution in [2.75, 3.05) is 19.8 Å². The third-order valence-electron chi connectivity index (χ3n) is 10.1. The normalized spacial score (nSPS) is 13.1. The van der Waals surface area contributed by atoms with Gasteiger partial charge in [-0.1, -0.05) is 208 Å². The molecule has 0 aliphatic heterocycles. The monoisotopic (exact) mass is 833 g/mol. The Balaban J connectivity index is 4.33. The lowest BCUT2D eigenvalue weighted by molar-refractivity contribution is -0.162. The van der Waals surface area contributed by atoms with Crippen LogP contribution in [-0.4, -0.2) is 37.9 Å². The fourth-order valence-electron chi connectivity index (χ4n) is 6.46. The zero-order chi connectivity index (χ0) is 43.5. The molecule has 60 heavy (non-hydrogen) atoms. The smallest absolute Gasteiger partial charge is 0.306 e. The van der Waals surface area contributed by atoms with E-state index < -0.39 is 6.10 Å². The Morgan fingerprint density at radius 1 is 0.383 bits per heavy atom. The van der Waals surface area contributed by atoms with Crippen molar-refractivity contribution < 1.29 is 23.8 Å². The number of ether oxygens (including phenoxy) is 3. The number of carbonyl (C=O) groups is 2. The fraction of sp³-hybridized carbons (Fsp3) is 0.673. The summed E-state index contributed by atoms with van der Waals surface area (Å²) in [6, 6.07) is 0. The Morgan fingerprint density at radius 3 is 1.23 bits per heavy atom. The van der Waals surface area contributed by atoms with Crippen LogP contribution >= 0.6 is 0 Å². The number of hydrogen-bond donors (Lipinski definition) is 0. The first-order chi connectivity index (χ1) is 29.6. The van der Waals surface area contributed by atoms with Gasteiger partial charge in [-0.05, 0) is 89.9 Å². The lowest BCUT2D eigenvalue weighted by Crippen LogP contribution is -2.30. The van der Waals surface area contributed by atoms with E-state index in [0.717, 1.165) is 96.3 Å². The second-order valence-corrected chi connectivity index (χ2v) is 16.0. The molecule has 0 amide bonds. The maximum absolute atomic E-state index is 12.7. The summed E-state index contributed by atoms with van der Waals surface area (Å²) in [5.74, 6) is -0.458. The number of rotatable bonds is 44. The first-order valence-electron chi connectivity index (χ1n) is 24.8. The van der Waals surface area contributed by atoms with Crippen LogP contribution in [0.15, 0.2) is 97.2 Å². The minimum absolute atomic E-state index is 0.0451. The Kier molecular flexibility index (Phi) is 47.5. The van der Waals surface area contributed by atoms with Crippen LogP contribution in [-0.2, 0) is 23.8 Å². The van der Waals surface area contributed by atoms with Crippen molar-refractivity contribution in [1.82, 2.24) is 0 Å². The lowest BCUT2D eigenvalue weighted by atomic mass is 10.1. The molecular formula is C55H92O5. The Morgan fingerprint density at radius 2 is 0.750 bits per heavy atom. The number of hydrogen-bond acceptors (Lipinski definition) is 5. The van der Waals surface area contributed by atoms with E-state index in [2.05, 4.69) is 118 Å². The van der Waals surface area contributed by atoms with E-state index in [-0.39, 0.29) is 25.2 Å². The zero-order valence-corrected chi connectivity index (χ0v) is 39.2. The van der Waals surface area contributed by atoms with Crippen LogP contribution in [0.3, 0.4) is 0 Å². The average Bonchev–Trinajstić information content (AvgIpc) is 3.25. The van der Waals surface area contributed by atoms with E-state index in [0.29, 0.717) is 19.4 Å². The molecular weight excluding hydrogens is 741 g/mol. The second kappa shape index (κ2) is 50.2. The van der Waals surface area contributed by atoms with Gasteiger partial charge in [0.15, 0.2) is 6.10 Å². The van der Waals surface area contributed by atoms with Crippen LogP contribution in [0.25, 0.3) is 0 Å². The summed E-state index contributed by atoms with van der Waals surface area (Å²) in [6.45, 7) is 7.44. The largest absolute Gasteiger partial charge is 0.462 e. The van der Waals surface area contributed by atoms with Gasteiger partial charge in [0.2, 0.25) is 0 Å². The number of esters is 2. The van der Waals surface area contributed by atoms with Crippen LogP contribution in [0, 0.1) is 0 Å². The van der Waals surface area contributed by atoms with E-state index in [1.165, 1.54) is 83.5 Å². The molecule has 0 radical (unpaired) electrons. The average molecular weight is 833 g/mol. The summed E-state index contributed by atoms with van der Waals surface area (Å²) in [5.41, 5.74) is 0. The summed E-state index contributed by atoms with van der Waals surface area (Å²) < 4.78 is 17.2. The maximum atomic E-state index is 12.7. The molecule has 0 rings (SSSR count). The molecule has 1 atom stereocenters. The predicted molar refractivity (Wildman–Crippen MR) is 260 cm³/mol. The highest BCUT2D eigenvalue weighted by Crippen LogP contribution is 2.13. The van der Waals surface area contributed by atoms with E-state index in [1.807, 2.05) is 0 Å². The molecule has 5 nitrogen and oxygen atoms in total. The quantitative estimate of drug-likeness (QED) is 0.0348. The highest BCUT2D eigenvalue weighted by molar-refractivity contribution is 5.70. The fourth-order valence-corrected chi connectivity index (χ4v) is 6.46. The van der Waals surface area contributed by atoms with Crippen molar-refractivity contribution in [3.63, 3.8) is 0 Å². The van der Waals surface area contributed by atoms with Crippen molar-refractivity contribution in [3.05, 3.63) is 97.2 Å². The molecule has 0 aliphatic carbocycles. The second-order valence-electron chi connectivity index (χ2n) is 16.0. The van der Waals surface area contributed by atoms with E-state index in [9.17, 15) is 9.59 Å². The zero-order valence-electron chi connectivity index (χ0n) is 39.2. The van der Waals surface area contributed by atoms with Crippen molar-refractivity contribution >= 4 is 11.9 Å². The number of carbonyl (C=O) groups excluding carboxylic acids is 2. The molecule has 0 saturated carbocycles. The summed E-state index contributed by atoms with van der Waals surface area (Å²) in [5, 5.41) is 0. The highest BCUT2D eigenvalue weighted by atomic mass is 16.6. The molecule has 0 fully saturated rings.